The predicted octanol–water partition coefficient (Wildman–Crippen LogP) is 9.35. The second kappa shape index (κ2) is 23.3. The first kappa shape index (κ1) is 39.4. The van der Waals surface area contributed by atoms with Crippen molar-refractivity contribution in [3.05, 3.63) is 82.9 Å². The lowest BCUT2D eigenvalue weighted by atomic mass is 9.87. The fraction of sp³-hybridized carbons (Fsp3) is 0.659. The van der Waals surface area contributed by atoms with E-state index in [1.54, 1.807) is 6.08 Å². The van der Waals surface area contributed by atoms with E-state index < -0.39 is 0 Å². The van der Waals surface area contributed by atoms with Crippen molar-refractivity contribution >= 4 is 0 Å². The van der Waals surface area contributed by atoms with Gasteiger partial charge in [0.25, 0.3) is 0 Å². The molecule has 1 aliphatic heterocycles. The molecule has 0 aliphatic carbocycles. The summed E-state index contributed by atoms with van der Waals surface area (Å²) in [7, 11) is 0. The lowest BCUT2D eigenvalue weighted by Gasteiger charge is -2.47. The largest absolute Gasteiger partial charge is 0.379 e. The zero-order chi connectivity index (χ0) is 33.7. The summed E-state index contributed by atoms with van der Waals surface area (Å²) in [6.45, 7) is 18.9. The van der Waals surface area contributed by atoms with Crippen LogP contribution in [0.1, 0.15) is 120 Å². The van der Waals surface area contributed by atoms with Crippen molar-refractivity contribution in [2.24, 2.45) is 0 Å². The van der Waals surface area contributed by atoms with Gasteiger partial charge < -0.3 is 28.4 Å². The van der Waals surface area contributed by atoms with Gasteiger partial charge in [0, 0.05) is 26.4 Å². The van der Waals surface area contributed by atoms with Gasteiger partial charge in [-0.1, -0.05) is 109 Å². The maximum Gasteiger partial charge on any atom is 0.117 e. The van der Waals surface area contributed by atoms with E-state index in [0.29, 0.717) is 46.2 Å². The van der Waals surface area contributed by atoms with Gasteiger partial charge >= 0.3 is 0 Å². The first-order valence-electron chi connectivity index (χ1n) is 18.6. The van der Waals surface area contributed by atoms with Crippen molar-refractivity contribution in [2.45, 2.75) is 136 Å². The molecule has 2 aromatic carbocycles. The Balaban J connectivity index is 2.08. The molecule has 47 heavy (non-hydrogen) atoms. The third-order valence-electron chi connectivity index (χ3n) is 8.83. The van der Waals surface area contributed by atoms with Crippen LogP contribution in [0, 0.1) is 0 Å². The van der Waals surface area contributed by atoms with E-state index >= 15 is 0 Å². The van der Waals surface area contributed by atoms with E-state index in [2.05, 4.69) is 83.7 Å². The SMILES string of the molecule is C=CCOCc1ccc(Cc2ccc(CC)cc2)cc1[C@@H]1O[C@H](COCCCC)[C@@H](OCCCC)[C@H](OCCCC)[C@H]1OCCCC. The average molecular weight is 653 g/mol. The van der Waals surface area contributed by atoms with Crippen LogP contribution in [-0.2, 0) is 47.9 Å². The molecule has 1 fully saturated rings. The fourth-order valence-corrected chi connectivity index (χ4v) is 5.94. The number of aryl methyl sites for hydroxylation is 1. The summed E-state index contributed by atoms with van der Waals surface area (Å²) < 4.78 is 39.6. The molecule has 0 spiro atoms. The Labute approximate surface area is 286 Å². The quantitative estimate of drug-likeness (QED) is 0.0787. The minimum Gasteiger partial charge on any atom is -0.379 e. The lowest BCUT2D eigenvalue weighted by molar-refractivity contribution is -0.268. The van der Waals surface area contributed by atoms with Gasteiger partial charge in [-0.3, -0.25) is 0 Å². The van der Waals surface area contributed by atoms with Gasteiger partial charge in [-0.25, -0.2) is 0 Å². The molecule has 0 amide bonds. The van der Waals surface area contributed by atoms with Gasteiger partial charge in [-0.05, 0) is 66.3 Å². The average Bonchev–Trinajstić information content (AvgIpc) is 3.09. The van der Waals surface area contributed by atoms with E-state index in [9.17, 15) is 0 Å². The Morgan fingerprint density at radius 1 is 0.660 bits per heavy atom. The molecular weight excluding hydrogens is 588 g/mol. The molecule has 0 aromatic heterocycles. The topological polar surface area (TPSA) is 55.4 Å². The van der Waals surface area contributed by atoms with Crippen LogP contribution < -0.4 is 0 Å². The summed E-state index contributed by atoms with van der Waals surface area (Å²) >= 11 is 0. The maximum absolute atomic E-state index is 7.13. The van der Waals surface area contributed by atoms with Gasteiger partial charge in [0.2, 0.25) is 0 Å². The molecule has 0 radical (unpaired) electrons. The Hall–Kier alpha value is -2.06. The van der Waals surface area contributed by atoms with Gasteiger partial charge in [-0.2, -0.15) is 0 Å². The lowest BCUT2D eigenvalue weighted by Crippen LogP contribution is -2.58. The monoisotopic (exact) mass is 652 g/mol. The van der Waals surface area contributed by atoms with Crippen LogP contribution in [0.2, 0.25) is 0 Å². The third kappa shape index (κ3) is 13.1. The summed E-state index contributed by atoms with van der Waals surface area (Å²) in [5, 5.41) is 0. The first-order valence-corrected chi connectivity index (χ1v) is 18.6. The Bertz CT molecular complexity index is 1100. The Kier molecular flexibility index (Phi) is 19.5. The Morgan fingerprint density at radius 2 is 1.23 bits per heavy atom. The minimum atomic E-state index is -0.367. The van der Waals surface area contributed by atoms with E-state index in [1.807, 2.05) is 0 Å². The van der Waals surface area contributed by atoms with Gasteiger partial charge in [0.05, 0.1) is 19.8 Å². The standard InChI is InChI=1S/C41H64O6/c1-7-13-24-43-31-37-39(44-25-14-8-2)41(46-27-16-10-4)40(45-26-15-9-3)38(47-37)36-29-34(21-22-35(36)30-42-23-11-5)28-33-19-17-32(12-6)18-20-33/h11,17-22,29,37-41H,5,7-10,12-16,23-28,30-31H2,1-4,6H3/t37-,38+,39-,40+,41+/m1/s1. The van der Waals surface area contributed by atoms with Gasteiger partial charge in [0.15, 0.2) is 0 Å². The van der Waals surface area contributed by atoms with Gasteiger partial charge in [-0.15, -0.1) is 6.58 Å². The normalized spacial score (nSPS) is 21.3. The molecule has 1 saturated heterocycles. The van der Waals surface area contributed by atoms with Crippen LogP contribution in [0.3, 0.4) is 0 Å². The van der Waals surface area contributed by atoms with Crippen LogP contribution in [-0.4, -0.2) is 64.1 Å². The van der Waals surface area contributed by atoms with Crippen LogP contribution in [0.4, 0.5) is 0 Å². The zero-order valence-electron chi connectivity index (χ0n) is 30.2. The highest BCUT2D eigenvalue weighted by Crippen LogP contribution is 2.40. The molecule has 1 heterocycles. The molecule has 3 rings (SSSR count). The number of ether oxygens (including phenoxy) is 6. The first-order chi connectivity index (χ1) is 23.1. The van der Waals surface area contributed by atoms with Crippen LogP contribution in [0.25, 0.3) is 0 Å². The molecule has 6 heteroatoms. The Morgan fingerprint density at radius 3 is 1.85 bits per heavy atom. The highest BCUT2D eigenvalue weighted by Gasteiger charge is 2.49. The molecule has 0 unspecified atom stereocenters. The molecular formula is C41H64O6. The van der Waals surface area contributed by atoms with Crippen molar-refractivity contribution in [1.82, 2.24) is 0 Å². The van der Waals surface area contributed by atoms with E-state index in [4.69, 9.17) is 28.4 Å². The number of rotatable bonds is 25. The molecule has 0 bridgehead atoms. The van der Waals surface area contributed by atoms with Crippen molar-refractivity contribution in [3.63, 3.8) is 0 Å². The van der Waals surface area contributed by atoms with Gasteiger partial charge in [0.1, 0.15) is 30.5 Å². The molecule has 5 atom stereocenters. The zero-order valence-corrected chi connectivity index (χ0v) is 30.2. The molecule has 1 aliphatic rings. The van der Waals surface area contributed by atoms with Crippen LogP contribution in [0.15, 0.2) is 55.1 Å². The molecule has 264 valence electrons. The summed E-state index contributed by atoms with van der Waals surface area (Å²) in [4.78, 5) is 0. The second-order valence-electron chi connectivity index (χ2n) is 12.8. The van der Waals surface area contributed by atoms with Crippen LogP contribution in [0.5, 0.6) is 0 Å². The summed E-state index contributed by atoms with van der Waals surface area (Å²) in [5.41, 5.74) is 6.05. The summed E-state index contributed by atoms with van der Waals surface area (Å²) in [5.74, 6) is 0. The highest BCUT2D eigenvalue weighted by atomic mass is 16.6. The number of unbranched alkanes of at least 4 members (excludes halogenated alkanes) is 4. The smallest absolute Gasteiger partial charge is 0.117 e. The van der Waals surface area contributed by atoms with E-state index in [0.717, 1.165) is 75.3 Å². The molecule has 6 nitrogen and oxygen atoms in total. The van der Waals surface area contributed by atoms with Crippen molar-refractivity contribution < 1.29 is 28.4 Å². The minimum absolute atomic E-state index is 0.288. The molecule has 0 saturated carbocycles. The third-order valence-corrected chi connectivity index (χ3v) is 8.83. The van der Waals surface area contributed by atoms with Crippen molar-refractivity contribution in [1.29, 1.82) is 0 Å². The van der Waals surface area contributed by atoms with Crippen molar-refractivity contribution in [3.8, 4) is 0 Å². The summed E-state index contributed by atoms with van der Waals surface area (Å²) in [6.07, 6.45) is 10.3. The predicted molar refractivity (Wildman–Crippen MR) is 192 cm³/mol. The molecule has 0 N–H and O–H groups in total. The van der Waals surface area contributed by atoms with Crippen LogP contribution >= 0.6 is 0 Å². The maximum atomic E-state index is 7.13. The fourth-order valence-electron chi connectivity index (χ4n) is 5.94. The van der Waals surface area contributed by atoms with E-state index in [1.165, 1.54) is 16.7 Å². The second-order valence-corrected chi connectivity index (χ2v) is 12.8. The number of hydrogen-bond donors (Lipinski definition) is 0. The number of hydrogen-bond acceptors (Lipinski definition) is 6. The number of benzene rings is 2. The van der Waals surface area contributed by atoms with E-state index in [-0.39, 0.29) is 30.5 Å². The highest BCUT2D eigenvalue weighted by molar-refractivity contribution is 5.38. The molecule has 2 aromatic rings. The van der Waals surface area contributed by atoms with Crippen molar-refractivity contribution in [2.75, 3.05) is 39.6 Å². The summed E-state index contributed by atoms with van der Waals surface area (Å²) in [6, 6.07) is 15.7.